The minimum absolute atomic E-state index is 0.0318. The van der Waals surface area contributed by atoms with Crippen LogP contribution in [0.25, 0.3) is 0 Å². The maximum atomic E-state index is 13.2. The SMILES string of the molecule is COC(=O)c1ccc(NC(=O)N2CCCC3=C[C@@H]4C[C@H](CN5CCCC[C@@H]45)[C@H]32)cc1. The van der Waals surface area contributed by atoms with Gasteiger partial charge in [-0.3, -0.25) is 4.90 Å². The number of esters is 1. The zero-order valence-electron chi connectivity index (χ0n) is 17.7. The lowest BCUT2D eigenvalue weighted by Crippen LogP contribution is -2.60. The van der Waals surface area contributed by atoms with Crippen LogP contribution in [-0.2, 0) is 4.74 Å². The quantitative estimate of drug-likeness (QED) is 0.594. The molecule has 2 amide bonds. The lowest BCUT2D eigenvalue weighted by Gasteiger charge is -2.54. The zero-order valence-corrected chi connectivity index (χ0v) is 17.7. The number of hydrogen-bond acceptors (Lipinski definition) is 4. The molecule has 6 nitrogen and oxygen atoms in total. The molecule has 0 aromatic heterocycles. The Balaban J connectivity index is 1.33. The summed E-state index contributed by atoms with van der Waals surface area (Å²) in [6.07, 6.45) is 9.91. The highest BCUT2D eigenvalue weighted by atomic mass is 16.5. The highest BCUT2D eigenvalue weighted by molar-refractivity contribution is 5.92. The number of hydrogen-bond donors (Lipinski definition) is 1. The van der Waals surface area contributed by atoms with Crippen LogP contribution in [0.15, 0.2) is 35.9 Å². The molecule has 5 rings (SSSR count). The van der Waals surface area contributed by atoms with Gasteiger partial charge in [0.25, 0.3) is 0 Å². The summed E-state index contributed by atoms with van der Waals surface area (Å²) in [5, 5.41) is 3.05. The molecule has 2 bridgehead atoms. The van der Waals surface area contributed by atoms with Crippen molar-refractivity contribution in [2.45, 2.75) is 50.6 Å². The van der Waals surface area contributed by atoms with E-state index in [0.717, 1.165) is 32.0 Å². The molecular formula is C24H31N3O3. The largest absolute Gasteiger partial charge is 0.465 e. The highest BCUT2D eigenvalue weighted by Gasteiger charge is 2.46. The number of likely N-dealkylation sites (tertiary alicyclic amines) is 1. The van der Waals surface area contributed by atoms with E-state index in [-0.39, 0.29) is 18.0 Å². The van der Waals surface area contributed by atoms with Gasteiger partial charge in [-0.15, -0.1) is 0 Å². The smallest absolute Gasteiger partial charge is 0.337 e. The molecule has 0 radical (unpaired) electrons. The van der Waals surface area contributed by atoms with Crippen molar-refractivity contribution < 1.29 is 14.3 Å². The number of urea groups is 1. The maximum Gasteiger partial charge on any atom is 0.337 e. The van der Waals surface area contributed by atoms with Gasteiger partial charge in [-0.1, -0.05) is 18.1 Å². The van der Waals surface area contributed by atoms with E-state index >= 15 is 0 Å². The van der Waals surface area contributed by atoms with Gasteiger partial charge in [0.2, 0.25) is 0 Å². The van der Waals surface area contributed by atoms with Crippen molar-refractivity contribution in [3.05, 3.63) is 41.5 Å². The molecule has 1 aliphatic carbocycles. The van der Waals surface area contributed by atoms with E-state index in [1.807, 2.05) is 0 Å². The second kappa shape index (κ2) is 8.06. The fourth-order valence-corrected chi connectivity index (χ4v) is 6.20. The van der Waals surface area contributed by atoms with E-state index in [2.05, 4.69) is 21.2 Å². The number of rotatable bonds is 2. The zero-order chi connectivity index (χ0) is 20.7. The van der Waals surface area contributed by atoms with Crippen molar-refractivity contribution in [2.24, 2.45) is 11.8 Å². The van der Waals surface area contributed by atoms with Crippen LogP contribution in [0.1, 0.15) is 48.9 Å². The van der Waals surface area contributed by atoms with Crippen molar-refractivity contribution in [1.82, 2.24) is 9.80 Å². The standard InChI is InChI=1S/C24H31N3O3/c1-30-23(28)16-7-9-20(10-8-16)25-24(29)27-12-4-5-17-13-18-14-19(22(17)27)15-26-11-3-2-6-21(18)26/h7-10,13,18-19,21-22H,2-6,11-12,14-15H2,1H3,(H,25,29)/t18-,19-,21+,22+/m1/s1. The molecule has 6 heteroatoms. The number of fused-ring (bicyclic) bond motifs is 6. The van der Waals surface area contributed by atoms with Crippen LogP contribution in [0.4, 0.5) is 10.5 Å². The first kappa shape index (κ1) is 19.6. The Kier molecular flexibility index (Phi) is 5.27. The van der Waals surface area contributed by atoms with E-state index in [9.17, 15) is 9.59 Å². The van der Waals surface area contributed by atoms with Gasteiger partial charge in [-0.2, -0.15) is 0 Å². The van der Waals surface area contributed by atoms with Gasteiger partial charge in [0.1, 0.15) is 0 Å². The average Bonchev–Trinajstić information content (AvgIpc) is 2.78. The molecule has 4 atom stereocenters. The third-order valence-electron chi connectivity index (χ3n) is 7.48. The summed E-state index contributed by atoms with van der Waals surface area (Å²) in [6.45, 7) is 3.14. The number of carbonyl (C=O) groups excluding carboxylic acids is 2. The Labute approximate surface area is 178 Å². The van der Waals surface area contributed by atoms with Gasteiger partial charge in [0, 0.05) is 24.8 Å². The van der Waals surface area contributed by atoms with Crippen molar-refractivity contribution in [3.63, 3.8) is 0 Å². The molecule has 1 N–H and O–H groups in total. The van der Waals surface area contributed by atoms with Crippen LogP contribution >= 0.6 is 0 Å². The van der Waals surface area contributed by atoms with Gasteiger partial charge < -0.3 is 15.0 Å². The van der Waals surface area contributed by atoms with Crippen molar-refractivity contribution in [3.8, 4) is 0 Å². The fraction of sp³-hybridized carbons (Fsp3) is 0.583. The first-order valence-corrected chi connectivity index (χ1v) is 11.3. The first-order valence-electron chi connectivity index (χ1n) is 11.3. The van der Waals surface area contributed by atoms with Crippen molar-refractivity contribution in [1.29, 1.82) is 0 Å². The van der Waals surface area contributed by atoms with Crippen molar-refractivity contribution >= 4 is 17.7 Å². The Morgan fingerprint density at radius 1 is 1.10 bits per heavy atom. The number of piperidine rings is 3. The number of benzene rings is 1. The molecule has 3 aliphatic heterocycles. The van der Waals surface area contributed by atoms with Crippen LogP contribution < -0.4 is 5.32 Å². The Morgan fingerprint density at radius 2 is 1.93 bits per heavy atom. The van der Waals surface area contributed by atoms with E-state index in [4.69, 9.17) is 4.74 Å². The number of methoxy groups -OCH3 is 1. The maximum absolute atomic E-state index is 13.2. The van der Waals surface area contributed by atoms with E-state index in [1.54, 1.807) is 24.3 Å². The normalized spacial score (nSPS) is 30.6. The van der Waals surface area contributed by atoms with Crippen LogP contribution in [0, 0.1) is 11.8 Å². The molecule has 1 aromatic rings. The molecule has 4 aliphatic rings. The predicted octanol–water partition coefficient (Wildman–Crippen LogP) is 3.90. The molecule has 160 valence electrons. The number of carbonyl (C=O) groups is 2. The first-order chi connectivity index (χ1) is 14.6. The van der Waals surface area contributed by atoms with Gasteiger partial charge in [-0.05, 0) is 74.8 Å². The number of anilines is 1. The molecule has 0 spiro atoms. The summed E-state index contributed by atoms with van der Waals surface area (Å²) < 4.78 is 4.74. The molecule has 0 saturated carbocycles. The minimum Gasteiger partial charge on any atom is -0.465 e. The van der Waals surface area contributed by atoms with E-state index in [0.29, 0.717) is 23.1 Å². The molecule has 30 heavy (non-hydrogen) atoms. The van der Waals surface area contributed by atoms with Crippen molar-refractivity contribution in [2.75, 3.05) is 32.1 Å². The third kappa shape index (κ3) is 3.51. The Hall–Kier alpha value is -2.34. The third-order valence-corrected chi connectivity index (χ3v) is 7.48. The van der Waals surface area contributed by atoms with Gasteiger partial charge in [-0.25, -0.2) is 9.59 Å². The van der Waals surface area contributed by atoms with Crippen LogP contribution in [0.3, 0.4) is 0 Å². The summed E-state index contributed by atoms with van der Waals surface area (Å²) in [4.78, 5) is 29.6. The minimum atomic E-state index is -0.372. The van der Waals surface area contributed by atoms with Gasteiger partial charge in [0.05, 0.1) is 18.7 Å². The summed E-state index contributed by atoms with van der Waals surface area (Å²) in [5.41, 5.74) is 2.68. The molecule has 3 saturated heterocycles. The van der Waals surface area contributed by atoms with E-state index < -0.39 is 0 Å². The summed E-state index contributed by atoms with van der Waals surface area (Å²) >= 11 is 0. The number of ether oxygens (including phenoxy) is 1. The summed E-state index contributed by atoms with van der Waals surface area (Å²) in [6, 6.07) is 7.82. The second-order valence-corrected chi connectivity index (χ2v) is 9.20. The molecular weight excluding hydrogens is 378 g/mol. The number of nitrogens with zero attached hydrogens (tertiary/aromatic N) is 2. The molecule has 3 heterocycles. The summed E-state index contributed by atoms with van der Waals surface area (Å²) in [7, 11) is 1.37. The monoisotopic (exact) mass is 409 g/mol. The molecule has 1 aromatic carbocycles. The predicted molar refractivity (Wildman–Crippen MR) is 115 cm³/mol. The number of amides is 2. The van der Waals surface area contributed by atoms with Crippen LogP contribution in [0.2, 0.25) is 0 Å². The molecule has 3 fully saturated rings. The lowest BCUT2D eigenvalue weighted by molar-refractivity contribution is 0.00908. The Morgan fingerprint density at radius 3 is 2.73 bits per heavy atom. The fourth-order valence-electron chi connectivity index (χ4n) is 6.20. The second-order valence-electron chi connectivity index (χ2n) is 9.20. The average molecular weight is 410 g/mol. The topological polar surface area (TPSA) is 61.9 Å². The molecule has 0 unspecified atom stereocenters. The van der Waals surface area contributed by atoms with E-state index in [1.165, 1.54) is 44.9 Å². The van der Waals surface area contributed by atoms with Gasteiger partial charge >= 0.3 is 12.0 Å². The van der Waals surface area contributed by atoms with Gasteiger partial charge in [0.15, 0.2) is 0 Å². The van der Waals surface area contributed by atoms with Crippen LogP contribution in [0.5, 0.6) is 0 Å². The van der Waals surface area contributed by atoms with Crippen LogP contribution in [-0.4, -0.2) is 60.6 Å². The number of nitrogens with one attached hydrogen (secondary N) is 1. The Bertz CT molecular complexity index is 850. The lowest BCUT2D eigenvalue weighted by atomic mass is 9.68. The summed E-state index contributed by atoms with van der Waals surface area (Å²) in [5.74, 6) is 0.838. The highest BCUT2D eigenvalue weighted by Crippen LogP contribution is 2.45.